The van der Waals surface area contributed by atoms with Gasteiger partial charge in [-0.15, -0.1) is 0 Å². The van der Waals surface area contributed by atoms with Gasteiger partial charge in [-0.05, 0) is 76.7 Å². The minimum Gasteiger partial charge on any atom is -0.456 e. The smallest absolute Gasteiger partial charge is 0.138 e. The van der Waals surface area contributed by atoms with Crippen molar-refractivity contribution in [3.8, 4) is 55.8 Å². The standard InChI is InChI=1S/C51H37NO/c1-36-45-21-10-13-26-50(45)53-51(36)43-20-14-19-42(35-43)39-31-33-44(34-32-39)52(48-24-11-8-22-46(48)40-17-6-3-7-18-40)49-25-12-9-23-47(49)41-29-27-38(28-30-41)37-15-4-2-5-16-37/h2-35H,1H3. The van der Waals surface area contributed by atoms with Crippen LogP contribution in [0.3, 0.4) is 0 Å². The van der Waals surface area contributed by atoms with Gasteiger partial charge in [0.1, 0.15) is 11.3 Å². The highest BCUT2D eigenvalue weighted by molar-refractivity contribution is 5.94. The summed E-state index contributed by atoms with van der Waals surface area (Å²) in [6.07, 6.45) is 0. The maximum Gasteiger partial charge on any atom is 0.138 e. The Kier molecular flexibility index (Phi) is 8.47. The molecule has 0 saturated heterocycles. The predicted molar refractivity (Wildman–Crippen MR) is 223 cm³/mol. The molecule has 8 aromatic carbocycles. The van der Waals surface area contributed by atoms with Gasteiger partial charge in [0.2, 0.25) is 0 Å². The Morgan fingerprint density at radius 1 is 0.358 bits per heavy atom. The highest BCUT2D eigenvalue weighted by Gasteiger charge is 2.21. The number of rotatable bonds is 8. The van der Waals surface area contributed by atoms with Crippen molar-refractivity contribution in [2.45, 2.75) is 6.92 Å². The minimum atomic E-state index is 0.915. The normalized spacial score (nSPS) is 11.1. The molecule has 0 radical (unpaired) electrons. The fraction of sp³-hybridized carbons (Fsp3) is 0.0196. The van der Waals surface area contributed by atoms with Gasteiger partial charge in [-0.1, -0.05) is 170 Å². The molecule has 0 N–H and O–H groups in total. The average molecular weight is 680 g/mol. The maximum atomic E-state index is 6.34. The topological polar surface area (TPSA) is 16.4 Å². The third-order valence-electron chi connectivity index (χ3n) is 10.1. The molecule has 252 valence electrons. The molecule has 0 bridgehead atoms. The summed E-state index contributed by atoms with van der Waals surface area (Å²) in [6.45, 7) is 2.14. The third-order valence-corrected chi connectivity index (χ3v) is 10.1. The molecule has 0 amide bonds. The number of aryl methyl sites for hydroxylation is 1. The van der Waals surface area contributed by atoms with Gasteiger partial charge in [0.05, 0.1) is 11.4 Å². The van der Waals surface area contributed by atoms with Gasteiger partial charge in [-0.2, -0.15) is 0 Å². The molecule has 0 aliphatic carbocycles. The first-order valence-corrected chi connectivity index (χ1v) is 18.1. The lowest BCUT2D eigenvalue weighted by atomic mass is 9.96. The quantitative estimate of drug-likeness (QED) is 0.159. The first kappa shape index (κ1) is 32.0. The third kappa shape index (κ3) is 6.22. The van der Waals surface area contributed by atoms with Gasteiger partial charge < -0.3 is 9.32 Å². The highest BCUT2D eigenvalue weighted by Crippen LogP contribution is 2.45. The molecule has 2 nitrogen and oxygen atoms in total. The second kappa shape index (κ2) is 14.0. The predicted octanol–water partition coefficient (Wildman–Crippen LogP) is 14.5. The second-order valence-electron chi connectivity index (χ2n) is 13.4. The van der Waals surface area contributed by atoms with Gasteiger partial charge >= 0.3 is 0 Å². The number of benzene rings is 8. The number of furan rings is 1. The van der Waals surface area contributed by atoms with Crippen LogP contribution in [0.25, 0.3) is 66.8 Å². The van der Waals surface area contributed by atoms with Crippen LogP contribution >= 0.6 is 0 Å². The Hall–Kier alpha value is -6.90. The Morgan fingerprint density at radius 2 is 0.811 bits per heavy atom. The van der Waals surface area contributed by atoms with Crippen molar-refractivity contribution >= 4 is 28.0 Å². The molecule has 53 heavy (non-hydrogen) atoms. The fourth-order valence-corrected chi connectivity index (χ4v) is 7.42. The van der Waals surface area contributed by atoms with Crippen LogP contribution in [0.1, 0.15) is 5.56 Å². The van der Waals surface area contributed by atoms with E-state index in [9.17, 15) is 0 Å². The van der Waals surface area contributed by atoms with E-state index in [4.69, 9.17) is 4.42 Å². The van der Waals surface area contributed by atoms with Crippen LogP contribution in [0.5, 0.6) is 0 Å². The molecule has 0 fully saturated rings. The zero-order valence-electron chi connectivity index (χ0n) is 29.5. The molecule has 2 heteroatoms. The zero-order chi connectivity index (χ0) is 35.6. The first-order chi connectivity index (χ1) is 26.2. The van der Waals surface area contributed by atoms with E-state index < -0.39 is 0 Å². The molecule has 0 aliphatic rings. The molecule has 9 rings (SSSR count). The van der Waals surface area contributed by atoms with Gasteiger partial charge in [0.15, 0.2) is 0 Å². The van der Waals surface area contributed by atoms with Crippen LogP contribution in [0, 0.1) is 6.92 Å². The fourth-order valence-electron chi connectivity index (χ4n) is 7.42. The van der Waals surface area contributed by atoms with Crippen molar-refractivity contribution in [2.24, 2.45) is 0 Å². The Bertz CT molecular complexity index is 2650. The van der Waals surface area contributed by atoms with E-state index in [1.54, 1.807) is 0 Å². The van der Waals surface area contributed by atoms with Crippen molar-refractivity contribution < 1.29 is 4.42 Å². The summed E-state index contributed by atoms with van der Waals surface area (Å²) < 4.78 is 6.34. The summed E-state index contributed by atoms with van der Waals surface area (Å²) in [4.78, 5) is 2.40. The van der Waals surface area contributed by atoms with E-state index in [1.165, 1.54) is 22.3 Å². The molecule has 9 aromatic rings. The van der Waals surface area contributed by atoms with Crippen LogP contribution in [-0.4, -0.2) is 0 Å². The number of para-hydroxylation sites is 3. The molecule has 1 heterocycles. The van der Waals surface area contributed by atoms with E-state index in [0.29, 0.717) is 0 Å². The van der Waals surface area contributed by atoms with Crippen molar-refractivity contribution in [3.63, 3.8) is 0 Å². The number of hydrogen-bond acceptors (Lipinski definition) is 2. The van der Waals surface area contributed by atoms with Crippen molar-refractivity contribution in [1.29, 1.82) is 0 Å². The average Bonchev–Trinajstić information content (AvgIpc) is 3.58. The van der Waals surface area contributed by atoms with Crippen LogP contribution in [0.15, 0.2) is 211 Å². The first-order valence-electron chi connectivity index (χ1n) is 18.1. The Labute approximate surface area is 310 Å². The molecule has 0 saturated carbocycles. The summed E-state index contributed by atoms with van der Waals surface area (Å²) in [6, 6.07) is 73.4. The SMILES string of the molecule is Cc1c(-c2cccc(-c3ccc(N(c4ccccc4-c4ccccc4)c4ccccc4-c4ccc(-c5ccccc5)cc4)cc3)c2)oc2ccccc12. The molecule has 1 aromatic heterocycles. The largest absolute Gasteiger partial charge is 0.456 e. The van der Waals surface area contributed by atoms with Crippen LogP contribution in [0.4, 0.5) is 17.1 Å². The van der Waals surface area contributed by atoms with Gasteiger partial charge in [0, 0.05) is 33.3 Å². The maximum absolute atomic E-state index is 6.34. The van der Waals surface area contributed by atoms with Crippen LogP contribution < -0.4 is 4.90 Å². The minimum absolute atomic E-state index is 0.915. The van der Waals surface area contributed by atoms with E-state index in [2.05, 4.69) is 206 Å². The van der Waals surface area contributed by atoms with Crippen LogP contribution in [-0.2, 0) is 0 Å². The summed E-state index contributed by atoms with van der Waals surface area (Å²) in [5, 5.41) is 1.15. The van der Waals surface area contributed by atoms with Gasteiger partial charge in [-0.25, -0.2) is 0 Å². The van der Waals surface area contributed by atoms with E-state index >= 15 is 0 Å². The van der Waals surface area contributed by atoms with Gasteiger partial charge in [0.25, 0.3) is 0 Å². The number of hydrogen-bond donors (Lipinski definition) is 0. The van der Waals surface area contributed by atoms with Gasteiger partial charge in [-0.3, -0.25) is 0 Å². The van der Waals surface area contributed by atoms with E-state index in [0.717, 1.165) is 67.2 Å². The highest BCUT2D eigenvalue weighted by atomic mass is 16.3. The number of nitrogens with zero attached hydrogens (tertiary/aromatic N) is 1. The number of anilines is 3. The monoisotopic (exact) mass is 679 g/mol. The summed E-state index contributed by atoms with van der Waals surface area (Å²) in [5.74, 6) is 0.918. The Morgan fingerprint density at radius 3 is 1.47 bits per heavy atom. The van der Waals surface area contributed by atoms with Crippen molar-refractivity contribution in [1.82, 2.24) is 0 Å². The molecule has 0 spiro atoms. The number of fused-ring (bicyclic) bond motifs is 1. The van der Waals surface area contributed by atoms with E-state index in [1.807, 2.05) is 12.1 Å². The lowest BCUT2D eigenvalue weighted by Gasteiger charge is -2.30. The molecular weight excluding hydrogens is 643 g/mol. The zero-order valence-corrected chi connectivity index (χ0v) is 29.5. The lowest BCUT2D eigenvalue weighted by Crippen LogP contribution is -2.12. The molecule has 0 aliphatic heterocycles. The summed E-state index contributed by atoms with van der Waals surface area (Å²) in [5.41, 5.74) is 15.8. The summed E-state index contributed by atoms with van der Waals surface area (Å²) in [7, 11) is 0. The van der Waals surface area contributed by atoms with Crippen LogP contribution in [0.2, 0.25) is 0 Å². The Balaban J connectivity index is 1.14. The van der Waals surface area contributed by atoms with E-state index in [-0.39, 0.29) is 0 Å². The molecule has 0 atom stereocenters. The summed E-state index contributed by atoms with van der Waals surface area (Å²) >= 11 is 0. The van der Waals surface area contributed by atoms with Crippen molar-refractivity contribution in [2.75, 3.05) is 4.90 Å². The van der Waals surface area contributed by atoms with Crippen molar-refractivity contribution in [3.05, 3.63) is 212 Å². The molecule has 0 unspecified atom stereocenters. The molecular formula is C51H37NO. The lowest BCUT2D eigenvalue weighted by molar-refractivity contribution is 0.629. The second-order valence-corrected chi connectivity index (χ2v) is 13.4.